The van der Waals surface area contributed by atoms with E-state index < -0.39 is 5.97 Å². The lowest BCUT2D eigenvalue weighted by atomic mass is 9.95. The number of aromatic amines is 1. The van der Waals surface area contributed by atoms with Crippen LogP contribution in [0.4, 0.5) is 0 Å². The average molecular weight is 390 g/mol. The van der Waals surface area contributed by atoms with Crippen molar-refractivity contribution in [3.05, 3.63) is 77.5 Å². The molecule has 0 saturated heterocycles. The van der Waals surface area contributed by atoms with Crippen molar-refractivity contribution in [1.82, 2.24) is 9.88 Å². The summed E-state index contributed by atoms with van der Waals surface area (Å²) >= 11 is 0. The van der Waals surface area contributed by atoms with E-state index in [0.29, 0.717) is 17.2 Å². The fraction of sp³-hybridized carbons (Fsp3) is 0.292. The maximum absolute atomic E-state index is 11.1. The van der Waals surface area contributed by atoms with Gasteiger partial charge in [-0.2, -0.15) is 0 Å². The van der Waals surface area contributed by atoms with Crippen LogP contribution in [0.3, 0.4) is 0 Å². The van der Waals surface area contributed by atoms with Crippen LogP contribution in [0, 0.1) is 0 Å². The van der Waals surface area contributed by atoms with Crippen molar-refractivity contribution in [2.75, 3.05) is 19.6 Å². The summed E-state index contributed by atoms with van der Waals surface area (Å²) in [6.45, 7) is 3.00. The lowest BCUT2D eigenvalue weighted by molar-refractivity contribution is 0.0697. The minimum absolute atomic E-state index is 0.311. The number of unbranched alkanes of at least 4 members (excludes halogenated alkanes) is 1. The molecule has 5 heteroatoms. The number of aromatic hydroxyl groups is 1. The molecule has 1 aliphatic heterocycles. The highest BCUT2D eigenvalue weighted by Crippen LogP contribution is 2.25. The Morgan fingerprint density at radius 2 is 2.07 bits per heavy atom. The van der Waals surface area contributed by atoms with Gasteiger partial charge in [-0.05, 0) is 61.2 Å². The zero-order valence-electron chi connectivity index (χ0n) is 16.3. The third-order valence-corrected chi connectivity index (χ3v) is 5.67. The number of carbonyl (C=O) groups is 1. The topological polar surface area (TPSA) is 76.6 Å². The first-order valence-electron chi connectivity index (χ1n) is 10.1. The summed E-state index contributed by atoms with van der Waals surface area (Å²) in [6, 6.07) is 12.8. The van der Waals surface area contributed by atoms with Gasteiger partial charge in [0.15, 0.2) is 0 Å². The van der Waals surface area contributed by atoms with Crippen LogP contribution in [0.5, 0.6) is 5.75 Å². The van der Waals surface area contributed by atoms with E-state index in [9.17, 15) is 9.90 Å². The molecule has 0 spiro atoms. The fourth-order valence-corrected chi connectivity index (χ4v) is 4.12. The first-order chi connectivity index (χ1) is 14.1. The number of nitrogens with zero attached hydrogens (tertiary/aromatic N) is 1. The van der Waals surface area contributed by atoms with Crippen LogP contribution in [-0.2, 0) is 6.42 Å². The van der Waals surface area contributed by atoms with Gasteiger partial charge in [-0.3, -0.25) is 4.90 Å². The number of hydrogen-bond donors (Lipinski definition) is 3. The van der Waals surface area contributed by atoms with Gasteiger partial charge in [-0.1, -0.05) is 30.4 Å². The number of benzene rings is 2. The molecule has 0 saturated carbocycles. The quantitative estimate of drug-likeness (QED) is 0.409. The molecule has 150 valence electrons. The predicted molar refractivity (Wildman–Crippen MR) is 115 cm³/mol. The van der Waals surface area contributed by atoms with Crippen molar-refractivity contribution in [1.29, 1.82) is 0 Å². The highest BCUT2D eigenvalue weighted by atomic mass is 16.4. The van der Waals surface area contributed by atoms with Gasteiger partial charge in [-0.15, -0.1) is 0 Å². The molecule has 0 fully saturated rings. The van der Waals surface area contributed by atoms with Gasteiger partial charge < -0.3 is 15.2 Å². The number of phenols is 1. The smallest absolute Gasteiger partial charge is 0.335 e. The maximum atomic E-state index is 11.1. The Morgan fingerprint density at radius 1 is 1.17 bits per heavy atom. The van der Waals surface area contributed by atoms with Gasteiger partial charge in [0.2, 0.25) is 0 Å². The SMILES string of the molecule is O=C(O)c1ccc2c(CCCCN3CC=CC(c4cccc(O)c4)C3)c[nH]c2c1. The number of aromatic carboxylic acids is 1. The van der Waals surface area contributed by atoms with Crippen molar-refractivity contribution in [3.63, 3.8) is 0 Å². The second-order valence-corrected chi connectivity index (χ2v) is 7.73. The average Bonchev–Trinajstić information content (AvgIpc) is 3.14. The van der Waals surface area contributed by atoms with Crippen LogP contribution in [0.1, 0.15) is 40.2 Å². The summed E-state index contributed by atoms with van der Waals surface area (Å²) in [6.07, 6.45) is 9.63. The summed E-state index contributed by atoms with van der Waals surface area (Å²) in [7, 11) is 0. The molecule has 0 aliphatic carbocycles. The van der Waals surface area contributed by atoms with E-state index >= 15 is 0 Å². The zero-order valence-corrected chi connectivity index (χ0v) is 16.3. The molecule has 5 nitrogen and oxygen atoms in total. The monoisotopic (exact) mass is 390 g/mol. The second kappa shape index (κ2) is 8.53. The van der Waals surface area contributed by atoms with Gasteiger partial charge in [0.25, 0.3) is 0 Å². The molecule has 3 N–H and O–H groups in total. The Bertz CT molecular complexity index is 1040. The normalized spacial score (nSPS) is 17.0. The Morgan fingerprint density at radius 3 is 2.90 bits per heavy atom. The van der Waals surface area contributed by atoms with E-state index in [1.165, 1.54) is 5.56 Å². The number of aryl methyl sites for hydroxylation is 1. The van der Waals surface area contributed by atoms with E-state index in [4.69, 9.17) is 5.11 Å². The second-order valence-electron chi connectivity index (χ2n) is 7.73. The number of rotatable bonds is 7. The lowest BCUT2D eigenvalue weighted by Gasteiger charge is -2.29. The molecular weight excluding hydrogens is 364 g/mol. The third-order valence-electron chi connectivity index (χ3n) is 5.67. The minimum Gasteiger partial charge on any atom is -0.508 e. The largest absolute Gasteiger partial charge is 0.508 e. The molecule has 1 unspecified atom stereocenters. The van der Waals surface area contributed by atoms with E-state index in [1.807, 2.05) is 24.4 Å². The number of H-pyrrole nitrogens is 1. The van der Waals surface area contributed by atoms with Crippen molar-refractivity contribution in [2.24, 2.45) is 0 Å². The van der Waals surface area contributed by atoms with E-state index in [1.54, 1.807) is 18.2 Å². The van der Waals surface area contributed by atoms with Crippen molar-refractivity contribution >= 4 is 16.9 Å². The van der Waals surface area contributed by atoms with Crippen LogP contribution < -0.4 is 0 Å². The molecule has 0 radical (unpaired) electrons. The molecule has 0 bridgehead atoms. The summed E-state index contributed by atoms with van der Waals surface area (Å²) in [4.78, 5) is 16.8. The van der Waals surface area contributed by atoms with Crippen LogP contribution in [-0.4, -0.2) is 45.7 Å². The first kappa shape index (κ1) is 19.3. The van der Waals surface area contributed by atoms with Crippen LogP contribution in [0.15, 0.2) is 60.8 Å². The van der Waals surface area contributed by atoms with E-state index in [0.717, 1.165) is 55.4 Å². The Kier molecular flexibility index (Phi) is 5.67. The molecule has 2 aromatic carbocycles. The number of nitrogens with one attached hydrogen (secondary N) is 1. The molecule has 1 aromatic heterocycles. The fourth-order valence-electron chi connectivity index (χ4n) is 4.12. The summed E-state index contributed by atoms with van der Waals surface area (Å²) in [5.74, 6) is -0.252. The first-order valence-corrected chi connectivity index (χ1v) is 10.1. The summed E-state index contributed by atoms with van der Waals surface area (Å²) in [5, 5.41) is 20.0. The minimum atomic E-state index is -0.900. The molecule has 4 rings (SSSR count). The van der Waals surface area contributed by atoms with Crippen molar-refractivity contribution in [2.45, 2.75) is 25.2 Å². The number of aromatic nitrogens is 1. The Labute approximate surface area is 170 Å². The van der Waals surface area contributed by atoms with Crippen LogP contribution >= 0.6 is 0 Å². The standard InChI is InChI=1S/C24H26N2O3/c27-21-8-3-6-17(13-21)20-7-4-12-26(16-20)11-2-1-5-19-15-25-23-14-18(24(28)29)9-10-22(19)23/h3-4,6-10,13-15,20,25,27H,1-2,5,11-12,16H2,(H,28,29). The summed E-state index contributed by atoms with van der Waals surface area (Å²) in [5.41, 5.74) is 3.60. The van der Waals surface area contributed by atoms with E-state index in [-0.39, 0.29) is 0 Å². The van der Waals surface area contributed by atoms with Crippen LogP contribution in [0.25, 0.3) is 10.9 Å². The van der Waals surface area contributed by atoms with Gasteiger partial charge in [-0.25, -0.2) is 4.79 Å². The molecule has 0 amide bonds. The number of phenolic OH excluding ortho intramolecular Hbond substituents is 1. The predicted octanol–water partition coefficient (Wildman–Crippen LogP) is 4.55. The van der Waals surface area contributed by atoms with E-state index in [2.05, 4.69) is 28.1 Å². The van der Waals surface area contributed by atoms with Gasteiger partial charge in [0.1, 0.15) is 5.75 Å². The van der Waals surface area contributed by atoms with Gasteiger partial charge in [0.05, 0.1) is 5.56 Å². The number of carboxylic acid groups (broad SMARTS) is 1. The van der Waals surface area contributed by atoms with Gasteiger partial charge >= 0.3 is 5.97 Å². The highest BCUT2D eigenvalue weighted by molar-refractivity contribution is 5.94. The van der Waals surface area contributed by atoms with Gasteiger partial charge in [0, 0.05) is 36.1 Å². The Hall–Kier alpha value is -3.05. The molecular formula is C24H26N2O3. The molecule has 2 heterocycles. The lowest BCUT2D eigenvalue weighted by Crippen LogP contribution is -2.32. The maximum Gasteiger partial charge on any atom is 0.335 e. The zero-order chi connectivity index (χ0) is 20.2. The molecule has 1 aliphatic rings. The number of carboxylic acids is 1. The highest BCUT2D eigenvalue weighted by Gasteiger charge is 2.17. The van der Waals surface area contributed by atoms with Crippen molar-refractivity contribution < 1.29 is 15.0 Å². The molecule has 3 aromatic rings. The van der Waals surface area contributed by atoms with Crippen molar-refractivity contribution in [3.8, 4) is 5.75 Å². The third kappa shape index (κ3) is 4.51. The molecule has 29 heavy (non-hydrogen) atoms. The Balaban J connectivity index is 1.29. The number of hydrogen-bond acceptors (Lipinski definition) is 3. The van der Waals surface area contributed by atoms with Crippen LogP contribution in [0.2, 0.25) is 0 Å². The number of fused-ring (bicyclic) bond motifs is 1. The molecule has 1 atom stereocenters. The summed E-state index contributed by atoms with van der Waals surface area (Å²) < 4.78 is 0.